The summed E-state index contributed by atoms with van der Waals surface area (Å²) < 4.78 is 16.8. The number of methoxy groups -OCH3 is 1. The van der Waals surface area contributed by atoms with E-state index in [4.69, 9.17) is 14.2 Å². The Labute approximate surface area is 188 Å². The topological polar surface area (TPSA) is 77.0 Å². The Balaban J connectivity index is 1.17. The summed E-state index contributed by atoms with van der Waals surface area (Å²) in [6.45, 7) is 4.40. The molecule has 170 valence electrons. The second kappa shape index (κ2) is 9.03. The summed E-state index contributed by atoms with van der Waals surface area (Å²) in [6.07, 6.45) is 4.84. The van der Waals surface area contributed by atoms with E-state index in [1.807, 2.05) is 35.2 Å². The molecule has 0 atom stereocenters. The zero-order chi connectivity index (χ0) is 22.0. The molecular formula is C24H30N4O4. The molecule has 3 aliphatic rings. The van der Waals surface area contributed by atoms with E-state index in [1.165, 1.54) is 0 Å². The van der Waals surface area contributed by atoms with Gasteiger partial charge in [-0.1, -0.05) is 0 Å². The highest BCUT2D eigenvalue weighted by molar-refractivity contribution is 5.79. The van der Waals surface area contributed by atoms with Crippen molar-refractivity contribution in [1.82, 2.24) is 14.9 Å². The zero-order valence-corrected chi connectivity index (χ0v) is 18.5. The van der Waals surface area contributed by atoms with Crippen LogP contribution in [0.2, 0.25) is 0 Å². The van der Waals surface area contributed by atoms with Crippen molar-refractivity contribution in [3.8, 4) is 17.0 Å². The standard InChI is InChI=1S/C24H30N4O4/c1-30-20-4-2-18(3-5-20)21-16-22(26-17-25-21)27-10-6-19(7-11-27)23(29)28-12-8-24(9-13-28)31-14-15-32-24/h2-5,16-17,19H,6-15H2,1H3. The molecule has 8 nitrogen and oxygen atoms in total. The number of carbonyl (C=O) groups excluding carboxylic acids is 1. The van der Waals surface area contributed by atoms with Gasteiger partial charge in [0, 0.05) is 56.6 Å². The van der Waals surface area contributed by atoms with Crippen LogP contribution in [0.15, 0.2) is 36.7 Å². The number of hydrogen-bond acceptors (Lipinski definition) is 7. The average molecular weight is 439 g/mol. The lowest BCUT2D eigenvalue weighted by atomic mass is 9.93. The molecule has 4 heterocycles. The first-order valence-corrected chi connectivity index (χ1v) is 11.4. The summed E-state index contributed by atoms with van der Waals surface area (Å²) >= 11 is 0. The van der Waals surface area contributed by atoms with E-state index in [9.17, 15) is 4.79 Å². The van der Waals surface area contributed by atoms with Gasteiger partial charge in [-0.2, -0.15) is 0 Å². The van der Waals surface area contributed by atoms with E-state index >= 15 is 0 Å². The van der Waals surface area contributed by atoms with Gasteiger partial charge in [0.1, 0.15) is 17.9 Å². The van der Waals surface area contributed by atoms with Crippen LogP contribution < -0.4 is 9.64 Å². The highest BCUT2D eigenvalue weighted by atomic mass is 16.7. The molecule has 5 rings (SSSR count). The van der Waals surface area contributed by atoms with Crippen molar-refractivity contribution < 1.29 is 19.0 Å². The largest absolute Gasteiger partial charge is 0.497 e. The van der Waals surface area contributed by atoms with Crippen molar-refractivity contribution in [2.45, 2.75) is 31.5 Å². The van der Waals surface area contributed by atoms with Gasteiger partial charge < -0.3 is 24.0 Å². The molecule has 3 saturated heterocycles. The van der Waals surface area contributed by atoms with Crippen molar-refractivity contribution >= 4 is 11.7 Å². The van der Waals surface area contributed by atoms with Crippen LogP contribution in [-0.4, -0.2) is 73.1 Å². The maximum absolute atomic E-state index is 13.1. The fourth-order valence-electron chi connectivity index (χ4n) is 4.91. The molecule has 3 fully saturated rings. The Morgan fingerprint density at radius 2 is 1.72 bits per heavy atom. The molecule has 1 aromatic heterocycles. The summed E-state index contributed by atoms with van der Waals surface area (Å²) in [5, 5.41) is 0. The molecule has 1 spiro atoms. The molecule has 3 aliphatic heterocycles. The lowest BCUT2D eigenvalue weighted by Gasteiger charge is -2.40. The Hall–Kier alpha value is -2.71. The molecule has 0 aliphatic carbocycles. The SMILES string of the molecule is COc1ccc(-c2cc(N3CCC(C(=O)N4CCC5(CC4)OCCO5)CC3)ncn2)cc1. The van der Waals surface area contributed by atoms with Gasteiger partial charge in [-0.25, -0.2) is 9.97 Å². The number of nitrogens with zero attached hydrogens (tertiary/aromatic N) is 4. The van der Waals surface area contributed by atoms with Gasteiger partial charge in [0.05, 0.1) is 26.0 Å². The maximum Gasteiger partial charge on any atom is 0.225 e. The van der Waals surface area contributed by atoms with Gasteiger partial charge in [-0.15, -0.1) is 0 Å². The third-order valence-electron chi connectivity index (χ3n) is 6.86. The first-order valence-electron chi connectivity index (χ1n) is 11.4. The van der Waals surface area contributed by atoms with Crippen molar-refractivity contribution in [2.24, 2.45) is 5.92 Å². The summed E-state index contributed by atoms with van der Waals surface area (Å²) in [5.74, 6) is 1.65. The monoisotopic (exact) mass is 438 g/mol. The first kappa shape index (κ1) is 21.2. The van der Waals surface area contributed by atoms with Crippen molar-refractivity contribution in [1.29, 1.82) is 0 Å². The highest BCUT2D eigenvalue weighted by Crippen LogP contribution is 2.33. The number of piperidine rings is 2. The van der Waals surface area contributed by atoms with E-state index < -0.39 is 5.79 Å². The number of likely N-dealkylation sites (tertiary alicyclic amines) is 1. The fraction of sp³-hybridized carbons (Fsp3) is 0.542. The average Bonchev–Trinajstić information content (AvgIpc) is 3.32. The minimum absolute atomic E-state index is 0.0774. The van der Waals surface area contributed by atoms with E-state index in [-0.39, 0.29) is 11.8 Å². The molecule has 1 aromatic carbocycles. The van der Waals surface area contributed by atoms with Crippen LogP contribution in [0.4, 0.5) is 5.82 Å². The zero-order valence-electron chi connectivity index (χ0n) is 18.5. The van der Waals surface area contributed by atoms with Crippen LogP contribution in [0.5, 0.6) is 5.75 Å². The predicted molar refractivity (Wildman–Crippen MR) is 119 cm³/mol. The first-order chi connectivity index (χ1) is 15.7. The number of carbonyl (C=O) groups is 1. The summed E-state index contributed by atoms with van der Waals surface area (Å²) in [6, 6.07) is 9.89. The van der Waals surface area contributed by atoms with Crippen molar-refractivity contribution in [3.05, 3.63) is 36.7 Å². The molecule has 0 N–H and O–H groups in total. The van der Waals surface area contributed by atoms with Crippen LogP contribution in [0.1, 0.15) is 25.7 Å². The second-order valence-corrected chi connectivity index (χ2v) is 8.68. The number of amides is 1. The fourth-order valence-corrected chi connectivity index (χ4v) is 4.91. The predicted octanol–water partition coefficient (Wildman–Crippen LogP) is 2.73. The van der Waals surface area contributed by atoms with Gasteiger partial charge in [0.25, 0.3) is 0 Å². The molecule has 2 aromatic rings. The number of rotatable bonds is 4. The molecule has 32 heavy (non-hydrogen) atoms. The van der Waals surface area contributed by atoms with Crippen LogP contribution in [-0.2, 0) is 14.3 Å². The molecule has 0 saturated carbocycles. The number of anilines is 1. The van der Waals surface area contributed by atoms with Crippen molar-refractivity contribution in [2.75, 3.05) is 51.4 Å². The number of ether oxygens (including phenoxy) is 3. The molecule has 1 amide bonds. The van der Waals surface area contributed by atoms with Gasteiger partial charge in [0.2, 0.25) is 5.91 Å². The van der Waals surface area contributed by atoms with Gasteiger partial charge in [-0.3, -0.25) is 4.79 Å². The summed E-state index contributed by atoms with van der Waals surface area (Å²) in [5.41, 5.74) is 1.91. The lowest BCUT2D eigenvalue weighted by Crippen LogP contribution is -2.50. The normalized spacial score (nSPS) is 21.2. The van der Waals surface area contributed by atoms with Crippen LogP contribution in [0, 0.1) is 5.92 Å². The lowest BCUT2D eigenvalue weighted by molar-refractivity contribution is -0.188. The van der Waals surface area contributed by atoms with E-state index in [0.717, 1.165) is 74.7 Å². The third-order valence-corrected chi connectivity index (χ3v) is 6.86. The molecule has 8 heteroatoms. The summed E-state index contributed by atoms with van der Waals surface area (Å²) in [7, 11) is 1.66. The molecular weight excluding hydrogens is 408 g/mol. The minimum Gasteiger partial charge on any atom is -0.497 e. The van der Waals surface area contributed by atoms with Crippen LogP contribution in [0.25, 0.3) is 11.3 Å². The second-order valence-electron chi connectivity index (χ2n) is 8.68. The van der Waals surface area contributed by atoms with Crippen molar-refractivity contribution in [3.63, 3.8) is 0 Å². The maximum atomic E-state index is 13.1. The quantitative estimate of drug-likeness (QED) is 0.726. The van der Waals surface area contributed by atoms with E-state index in [0.29, 0.717) is 13.2 Å². The Kier molecular flexibility index (Phi) is 5.97. The smallest absolute Gasteiger partial charge is 0.225 e. The third kappa shape index (κ3) is 4.29. The van der Waals surface area contributed by atoms with Crippen LogP contribution in [0.3, 0.4) is 0 Å². The Bertz CT molecular complexity index is 927. The Morgan fingerprint density at radius 1 is 1.03 bits per heavy atom. The Morgan fingerprint density at radius 3 is 2.38 bits per heavy atom. The molecule has 0 bridgehead atoms. The van der Waals surface area contributed by atoms with Gasteiger partial charge in [-0.05, 0) is 37.1 Å². The number of aromatic nitrogens is 2. The number of hydrogen-bond donors (Lipinski definition) is 0. The van der Waals surface area contributed by atoms with Gasteiger partial charge in [0.15, 0.2) is 5.79 Å². The molecule has 0 unspecified atom stereocenters. The van der Waals surface area contributed by atoms with Crippen LogP contribution >= 0.6 is 0 Å². The molecule has 0 radical (unpaired) electrons. The summed E-state index contributed by atoms with van der Waals surface area (Å²) in [4.78, 5) is 26.3. The highest BCUT2D eigenvalue weighted by Gasteiger charge is 2.42. The van der Waals surface area contributed by atoms with E-state index in [2.05, 4.69) is 14.9 Å². The minimum atomic E-state index is -0.436. The van der Waals surface area contributed by atoms with E-state index in [1.54, 1.807) is 13.4 Å². The van der Waals surface area contributed by atoms with Gasteiger partial charge >= 0.3 is 0 Å². The number of benzene rings is 1.